The lowest BCUT2D eigenvalue weighted by Crippen LogP contribution is -2.25. The summed E-state index contributed by atoms with van der Waals surface area (Å²) in [5.74, 6) is -2.44. The maximum atomic E-state index is 13.9. The first-order chi connectivity index (χ1) is 14.5. The summed E-state index contributed by atoms with van der Waals surface area (Å²) < 4.78 is 95.1. The molecule has 0 saturated carbocycles. The van der Waals surface area contributed by atoms with Crippen LogP contribution in [0.5, 0.6) is 5.75 Å². The van der Waals surface area contributed by atoms with Crippen LogP contribution >= 0.6 is 0 Å². The van der Waals surface area contributed by atoms with Crippen molar-refractivity contribution in [2.75, 3.05) is 12.4 Å². The minimum atomic E-state index is -4.56. The number of halogens is 5. The van der Waals surface area contributed by atoms with Crippen LogP contribution in [-0.2, 0) is 27.2 Å². The number of ketones is 1. The van der Waals surface area contributed by atoms with E-state index in [1.165, 1.54) is 0 Å². The zero-order valence-corrected chi connectivity index (χ0v) is 17.0. The van der Waals surface area contributed by atoms with Crippen LogP contribution < -0.4 is 4.74 Å². The highest BCUT2D eigenvalue weighted by molar-refractivity contribution is 7.91. The molecule has 0 amide bonds. The number of ether oxygens (including phenoxy) is 1. The van der Waals surface area contributed by atoms with E-state index in [0.29, 0.717) is 12.1 Å². The molecule has 0 N–H and O–H groups in total. The van der Waals surface area contributed by atoms with Gasteiger partial charge in [-0.05, 0) is 49.2 Å². The minimum Gasteiger partial charge on any atom is -0.490 e. The van der Waals surface area contributed by atoms with Crippen molar-refractivity contribution in [3.63, 3.8) is 0 Å². The van der Waals surface area contributed by atoms with Crippen LogP contribution in [0.1, 0.15) is 30.4 Å². The Morgan fingerprint density at radius 2 is 1.68 bits per heavy atom. The van der Waals surface area contributed by atoms with Crippen molar-refractivity contribution in [3.05, 3.63) is 59.2 Å². The fraction of sp³-hybridized carbons (Fsp3) is 0.381. The van der Waals surface area contributed by atoms with E-state index in [1.54, 1.807) is 0 Å². The summed E-state index contributed by atoms with van der Waals surface area (Å²) in [6.45, 7) is 0.0446. The van der Waals surface area contributed by atoms with Gasteiger partial charge in [0.1, 0.15) is 11.6 Å². The van der Waals surface area contributed by atoms with Gasteiger partial charge >= 0.3 is 6.18 Å². The van der Waals surface area contributed by atoms with Crippen LogP contribution in [-0.4, -0.2) is 26.6 Å². The van der Waals surface area contributed by atoms with E-state index < -0.39 is 39.0 Å². The lowest BCUT2D eigenvalue weighted by Gasteiger charge is -2.25. The molecule has 4 nitrogen and oxygen atoms in total. The van der Waals surface area contributed by atoms with Crippen molar-refractivity contribution in [3.8, 4) is 5.75 Å². The Labute approximate surface area is 175 Å². The number of hydrogen-bond acceptors (Lipinski definition) is 4. The quantitative estimate of drug-likeness (QED) is 0.558. The average molecular weight is 462 g/mol. The van der Waals surface area contributed by atoms with Crippen molar-refractivity contribution in [2.24, 2.45) is 5.92 Å². The molecular weight excluding hydrogens is 443 g/mol. The van der Waals surface area contributed by atoms with Crippen LogP contribution in [0.25, 0.3) is 0 Å². The highest BCUT2D eigenvalue weighted by Crippen LogP contribution is 2.33. The fourth-order valence-electron chi connectivity index (χ4n) is 3.45. The van der Waals surface area contributed by atoms with Crippen molar-refractivity contribution >= 4 is 15.6 Å². The van der Waals surface area contributed by atoms with Crippen molar-refractivity contribution in [1.82, 2.24) is 0 Å². The Balaban J connectivity index is 1.51. The summed E-state index contributed by atoms with van der Waals surface area (Å²) in [5.41, 5.74) is -0.872. The monoisotopic (exact) mass is 462 g/mol. The SMILES string of the molecule is O=C(CCCS(=O)(=O)c1ccc(C(F)(F)F)cc1)C[C@@H]1COc2c(F)ccc(F)c2C1. The zero-order valence-electron chi connectivity index (χ0n) is 16.2. The van der Waals surface area contributed by atoms with Crippen LogP contribution in [0, 0.1) is 17.6 Å². The molecule has 1 aliphatic rings. The van der Waals surface area contributed by atoms with Crippen LogP contribution in [0.3, 0.4) is 0 Å². The van der Waals surface area contributed by atoms with E-state index in [4.69, 9.17) is 4.74 Å². The molecular formula is C21H19F5O4S. The lowest BCUT2D eigenvalue weighted by atomic mass is 9.91. The Hall–Kier alpha value is -2.49. The Bertz CT molecular complexity index is 1060. The van der Waals surface area contributed by atoms with E-state index in [-0.39, 0.29) is 60.2 Å². The third-order valence-corrected chi connectivity index (χ3v) is 6.85. The molecule has 168 valence electrons. The number of carbonyl (C=O) groups is 1. The molecule has 0 unspecified atom stereocenters. The zero-order chi connectivity index (χ0) is 22.8. The number of hydrogen-bond donors (Lipinski definition) is 0. The second-order valence-electron chi connectivity index (χ2n) is 7.41. The predicted octanol–water partition coefficient (Wildman–Crippen LogP) is 4.75. The maximum absolute atomic E-state index is 13.9. The summed E-state index contributed by atoms with van der Waals surface area (Å²) in [7, 11) is -3.84. The van der Waals surface area contributed by atoms with Crippen molar-refractivity contribution < 1.29 is 39.9 Å². The van der Waals surface area contributed by atoms with E-state index in [2.05, 4.69) is 0 Å². The minimum absolute atomic E-state index is 0.00462. The second-order valence-corrected chi connectivity index (χ2v) is 9.51. The van der Waals surface area contributed by atoms with E-state index in [1.807, 2.05) is 0 Å². The molecule has 1 heterocycles. The fourth-order valence-corrected chi connectivity index (χ4v) is 4.76. The normalized spacial score (nSPS) is 16.5. The molecule has 1 aliphatic heterocycles. The van der Waals surface area contributed by atoms with Crippen molar-refractivity contribution in [1.29, 1.82) is 0 Å². The molecule has 0 aliphatic carbocycles. The Kier molecular flexibility index (Phi) is 6.68. The molecule has 3 rings (SSSR count). The van der Waals surface area contributed by atoms with Gasteiger partial charge in [0.15, 0.2) is 21.4 Å². The molecule has 0 bridgehead atoms. The van der Waals surface area contributed by atoms with E-state index >= 15 is 0 Å². The number of Topliss-reactive ketones (excluding diaryl/α,β-unsaturated/α-hetero) is 1. The molecule has 2 aromatic rings. The molecule has 2 aromatic carbocycles. The summed E-state index contributed by atoms with van der Waals surface area (Å²) in [4.78, 5) is 12.0. The van der Waals surface area contributed by atoms with Gasteiger partial charge in [-0.2, -0.15) is 13.2 Å². The number of alkyl halides is 3. The van der Waals surface area contributed by atoms with Gasteiger partial charge in [-0.1, -0.05) is 0 Å². The average Bonchev–Trinajstić information content (AvgIpc) is 2.70. The van der Waals surface area contributed by atoms with Gasteiger partial charge in [0, 0.05) is 24.3 Å². The Morgan fingerprint density at radius 1 is 1.03 bits per heavy atom. The Morgan fingerprint density at radius 3 is 2.32 bits per heavy atom. The molecule has 10 heteroatoms. The first kappa shape index (κ1) is 23.2. The second kappa shape index (κ2) is 8.94. The largest absolute Gasteiger partial charge is 0.490 e. The van der Waals surface area contributed by atoms with Crippen LogP contribution in [0.15, 0.2) is 41.3 Å². The van der Waals surface area contributed by atoms with Crippen LogP contribution in [0.2, 0.25) is 0 Å². The molecule has 0 aromatic heterocycles. The van der Waals surface area contributed by atoms with Gasteiger partial charge in [-0.15, -0.1) is 0 Å². The lowest BCUT2D eigenvalue weighted by molar-refractivity contribution is -0.137. The number of rotatable bonds is 7. The third kappa shape index (κ3) is 5.61. The number of carbonyl (C=O) groups excluding carboxylic acids is 1. The van der Waals surface area contributed by atoms with Gasteiger partial charge in [0.05, 0.1) is 22.8 Å². The topological polar surface area (TPSA) is 60.4 Å². The summed E-state index contributed by atoms with van der Waals surface area (Å²) >= 11 is 0. The number of sulfone groups is 1. The summed E-state index contributed by atoms with van der Waals surface area (Å²) in [5, 5.41) is 0. The van der Waals surface area contributed by atoms with Gasteiger partial charge in [-0.3, -0.25) is 4.79 Å². The number of benzene rings is 2. The van der Waals surface area contributed by atoms with E-state index in [0.717, 1.165) is 24.3 Å². The van der Waals surface area contributed by atoms with Gasteiger partial charge in [0.25, 0.3) is 0 Å². The summed E-state index contributed by atoms with van der Waals surface area (Å²) in [6.07, 6.45) is -4.47. The molecule has 0 saturated heterocycles. The summed E-state index contributed by atoms with van der Waals surface area (Å²) in [6, 6.07) is 5.14. The third-order valence-electron chi connectivity index (χ3n) is 5.04. The number of fused-ring (bicyclic) bond motifs is 1. The molecule has 0 fully saturated rings. The maximum Gasteiger partial charge on any atom is 0.416 e. The van der Waals surface area contributed by atoms with Crippen molar-refractivity contribution in [2.45, 2.75) is 36.8 Å². The van der Waals surface area contributed by atoms with E-state index in [9.17, 15) is 35.2 Å². The standard InChI is InChI=1S/C21H19F5O4S/c22-18-7-8-19(23)20-17(18)11-13(12-30-20)10-15(27)2-1-9-31(28,29)16-5-3-14(4-6-16)21(24,25)26/h3-8,13H,1-2,9-12H2/t13-/m0/s1. The smallest absolute Gasteiger partial charge is 0.416 e. The van der Waals surface area contributed by atoms with Gasteiger partial charge in [0.2, 0.25) is 0 Å². The molecule has 31 heavy (non-hydrogen) atoms. The molecule has 1 atom stereocenters. The van der Waals surface area contributed by atoms with Gasteiger partial charge in [-0.25, -0.2) is 17.2 Å². The van der Waals surface area contributed by atoms with Gasteiger partial charge < -0.3 is 4.74 Å². The highest BCUT2D eigenvalue weighted by Gasteiger charge is 2.31. The highest BCUT2D eigenvalue weighted by atomic mass is 32.2. The predicted molar refractivity (Wildman–Crippen MR) is 101 cm³/mol. The molecule has 0 radical (unpaired) electrons. The molecule has 0 spiro atoms. The van der Waals surface area contributed by atoms with Crippen LogP contribution in [0.4, 0.5) is 22.0 Å². The first-order valence-corrected chi connectivity index (χ1v) is 11.1. The first-order valence-electron chi connectivity index (χ1n) is 9.49.